The molecule has 0 atom stereocenters. The van der Waals surface area contributed by atoms with Crippen molar-refractivity contribution < 1.29 is 9.59 Å². The molecule has 0 unspecified atom stereocenters. The topological polar surface area (TPSA) is 95.0 Å². The quantitative estimate of drug-likeness (QED) is 0.145. The Morgan fingerprint density at radius 2 is 1.77 bits per heavy atom. The molecule has 0 fully saturated rings. The highest BCUT2D eigenvalue weighted by atomic mass is 35.5. The molecule has 11 heteroatoms. The number of hydrogen-bond acceptors (Lipinski definition) is 4. The van der Waals surface area contributed by atoms with Crippen molar-refractivity contribution in [3.8, 4) is 11.5 Å². The van der Waals surface area contributed by atoms with E-state index in [1.807, 2.05) is 48.9 Å². The summed E-state index contributed by atoms with van der Waals surface area (Å²) < 4.78 is 1.96. The highest BCUT2D eigenvalue weighted by Gasteiger charge is 2.16. The van der Waals surface area contributed by atoms with E-state index in [2.05, 4.69) is 33.0 Å². The van der Waals surface area contributed by atoms with Crippen molar-refractivity contribution in [3.63, 3.8) is 0 Å². The Morgan fingerprint density at radius 3 is 2.45 bits per heavy atom. The first-order valence-electron chi connectivity index (χ1n) is 13.0. The number of halogens is 2. The zero-order valence-electron chi connectivity index (χ0n) is 23.2. The lowest BCUT2D eigenvalue weighted by atomic mass is 10.1. The number of rotatable bonds is 12. The summed E-state index contributed by atoms with van der Waals surface area (Å²) in [5, 5.41) is 5.94. The molecule has 0 saturated carbocycles. The predicted molar refractivity (Wildman–Crippen MR) is 171 cm³/mol. The number of H-pyrrole nitrogens is 1. The molecule has 2 aromatic heterocycles. The maximum Gasteiger partial charge on any atom is 0.255 e. The van der Waals surface area contributed by atoms with Crippen LogP contribution in [0.25, 0.3) is 22.6 Å². The third-order valence-electron chi connectivity index (χ3n) is 6.59. The first-order chi connectivity index (χ1) is 19.2. The Hall–Kier alpha value is -3.14. The van der Waals surface area contributed by atoms with Crippen LogP contribution in [0.3, 0.4) is 0 Å². The van der Waals surface area contributed by atoms with E-state index in [4.69, 9.17) is 28.2 Å². The number of anilines is 3. The summed E-state index contributed by atoms with van der Waals surface area (Å²) in [6.07, 6.45) is 6.52. The summed E-state index contributed by atoms with van der Waals surface area (Å²) in [5.41, 5.74) is 6.36. The Bertz CT molecular complexity index is 1490. The lowest BCUT2D eigenvalue weighted by Gasteiger charge is -2.25. The number of carbonyl (C=O) groups is 2. The van der Waals surface area contributed by atoms with Crippen molar-refractivity contribution in [1.29, 1.82) is 0 Å². The van der Waals surface area contributed by atoms with E-state index in [0.29, 0.717) is 59.5 Å². The number of amides is 2. The van der Waals surface area contributed by atoms with Crippen molar-refractivity contribution in [2.45, 2.75) is 13.3 Å². The fourth-order valence-electron chi connectivity index (χ4n) is 4.55. The van der Waals surface area contributed by atoms with E-state index >= 15 is 0 Å². The van der Waals surface area contributed by atoms with E-state index in [0.717, 1.165) is 28.2 Å². The van der Waals surface area contributed by atoms with Crippen LogP contribution in [0.2, 0.25) is 0 Å². The van der Waals surface area contributed by atoms with Crippen LogP contribution in [0.1, 0.15) is 22.3 Å². The number of nitrogens with one attached hydrogen (secondary N) is 3. The second kappa shape index (κ2) is 13.5. The number of aryl methyl sites for hydroxylation is 2. The summed E-state index contributed by atoms with van der Waals surface area (Å²) in [7, 11) is 2.15. The van der Waals surface area contributed by atoms with Crippen LogP contribution in [-0.2, 0) is 22.7 Å². The first kappa shape index (κ1) is 29.8. The molecule has 40 heavy (non-hydrogen) atoms. The van der Waals surface area contributed by atoms with Crippen LogP contribution in [0.5, 0.6) is 0 Å². The molecule has 0 aliphatic carbocycles. The summed E-state index contributed by atoms with van der Waals surface area (Å²) in [6, 6.07) is 13.2. The van der Waals surface area contributed by atoms with Gasteiger partial charge in [0.2, 0.25) is 5.91 Å². The van der Waals surface area contributed by atoms with Crippen molar-refractivity contribution >= 4 is 74.0 Å². The van der Waals surface area contributed by atoms with Gasteiger partial charge in [0.1, 0.15) is 5.75 Å². The SMILES string of the molecule is Cc1cc(NC(=O)c2ccc3c(c2)nc(-c2cc(NC(=O)CC[S+](C)C)c[nH]2)n3C)ccc1N(CCCl)CCCl. The summed E-state index contributed by atoms with van der Waals surface area (Å²) in [4.78, 5) is 35.5. The number of benzene rings is 2. The molecule has 0 aliphatic heterocycles. The standard InChI is InChI=1S/C29H34Cl2N6O2S/c1-19-15-21(6-8-25(19)37(12-10-30)13-11-31)34-29(39)20-5-7-26-23(16-20)35-28(36(26)2)24-17-22(18-32-24)33-27(38)9-14-40(3)4/h5-8,15-18H,9-14H2,1-4H3,(H2-,32,33,34,35,38,39)/p+1. The monoisotopic (exact) mass is 601 g/mol. The number of fused-ring (bicyclic) bond motifs is 1. The first-order valence-corrected chi connectivity index (χ1v) is 16.3. The lowest BCUT2D eigenvalue weighted by Crippen LogP contribution is -2.28. The van der Waals surface area contributed by atoms with Crippen LogP contribution < -0.4 is 15.5 Å². The minimum atomic E-state index is -0.216. The van der Waals surface area contributed by atoms with E-state index in [9.17, 15) is 9.59 Å². The molecule has 4 aromatic rings. The predicted octanol–water partition coefficient (Wildman–Crippen LogP) is 5.62. The van der Waals surface area contributed by atoms with Crippen LogP contribution in [-0.4, -0.2) is 69.5 Å². The van der Waals surface area contributed by atoms with Crippen LogP contribution in [0, 0.1) is 6.92 Å². The zero-order chi connectivity index (χ0) is 28.8. The molecule has 3 N–H and O–H groups in total. The Balaban J connectivity index is 1.49. The van der Waals surface area contributed by atoms with Gasteiger partial charge in [0.05, 0.1) is 41.3 Å². The van der Waals surface area contributed by atoms with Gasteiger partial charge >= 0.3 is 0 Å². The number of hydrogen-bond donors (Lipinski definition) is 3. The normalized spacial score (nSPS) is 11.3. The fraction of sp³-hybridized carbons (Fsp3) is 0.345. The van der Waals surface area contributed by atoms with Gasteiger partial charge in [-0.2, -0.15) is 0 Å². The zero-order valence-corrected chi connectivity index (χ0v) is 25.5. The van der Waals surface area contributed by atoms with Gasteiger partial charge < -0.3 is 25.1 Å². The average Bonchev–Trinajstić information content (AvgIpc) is 3.51. The second-order valence-electron chi connectivity index (χ2n) is 9.81. The molecular weight excluding hydrogens is 567 g/mol. The van der Waals surface area contributed by atoms with Gasteiger partial charge in [0, 0.05) is 55.0 Å². The van der Waals surface area contributed by atoms with E-state index < -0.39 is 0 Å². The number of alkyl halides is 2. The Morgan fingerprint density at radius 1 is 1.02 bits per heavy atom. The van der Waals surface area contributed by atoms with Gasteiger partial charge in [0.15, 0.2) is 5.82 Å². The molecule has 2 amide bonds. The third-order valence-corrected chi connectivity index (χ3v) is 7.95. The van der Waals surface area contributed by atoms with Crippen LogP contribution in [0.4, 0.5) is 17.1 Å². The van der Waals surface area contributed by atoms with Crippen LogP contribution >= 0.6 is 23.2 Å². The van der Waals surface area contributed by atoms with Crippen molar-refractivity contribution in [2.75, 3.05) is 58.6 Å². The molecule has 2 heterocycles. The number of aromatic nitrogens is 3. The Kier molecular flexibility index (Phi) is 10.1. The summed E-state index contributed by atoms with van der Waals surface area (Å²) in [6.45, 7) is 3.40. The number of carbonyl (C=O) groups excluding carboxylic acids is 2. The Labute approximate surface area is 247 Å². The number of imidazole rings is 1. The highest BCUT2D eigenvalue weighted by Crippen LogP contribution is 2.27. The minimum Gasteiger partial charge on any atom is -0.369 e. The average molecular weight is 603 g/mol. The molecule has 0 radical (unpaired) electrons. The van der Waals surface area contributed by atoms with Crippen LogP contribution in [0.15, 0.2) is 48.7 Å². The maximum absolute atomic E-state index is 13.1. The van der Waals surface area contributed by atoms with Gasteiger partial charge in [-0.3, -0.25) is 9.59 Å². The molecule has 0 bridgehead atoms. The summed E-state index contributed by atoms with van der Waals surface area (Å²) in [5.74, 6) is 2.38. The lowest BCUT2D eigenvalue weighted by molar-refractivity contribution is -0.115. The second-order valence-corrected chi connectivity index (χ2v) is 12.9. The molecule has 0 saturated heterocycles. The van der Waals surface area contributed by atoms with Gasteiger partial charge in [0.25, 0.3) is 5.91 Å². The van der Waals surface area contributed by atoms with Gasteiger partial charge in [-0.25, -0.2) is 4.98 Å². The minimum absolute atomic E-state index is 0.0000781. The van der Waals surface area contributed by atoms with E-state index in [1.54, 1.807) is 18.3 Å². The molecule has 2 aromatic carbocycles. The molecule has 8 nitrogen and oxygen atoms in total. The number of nitrogens with zero attached hydrogens (tertiary/aromatic N) is 3. The largest absolute Gasteiger partial charge is 0.369 e. The molecule has 212 valence electrons. The molecule has 4 rings (SSSR count). The van der Waals surface area contributed by atoms with E-state index in [-0.39, 0.29) is 22.7 Å². The van der Waals surface area contributed by atoms with Crippen molar-refractivity contribution in [3.05, 3.63) is 59.8 Å². The molecular formula is C29H35Cl2N6O2S+. The molecule has 0 spiro atoms. The molecule has 0 aliphatic rings. The van der Waals surface area contributed by atoms with Crippen molar-refractivity contribution in [1.82, 2.24) is 14.5 Å². The maximum atomic E-state index is 13.1. The van der Waals surface area contributed by atoms with E-state index in [1.165, 1.54) is 0 Å². The highest BCUT2D eigenvalue weighted by molar-refractivity contribution is 7.95. The third kappa shape index (κ3) is 7.13. The summed E-state index contributed by atoms with van der Waals surface area (Å²) >= 11 is 11.9. The van der Waals surface area contributed by atoms with Crippen molar-refractivity contribution in [2.24, 2.45) is 7.05 Å². The number of aromatic amines is 1. The van der Waals surface area contributed by atoms with Gasteiger partial charge in [-0.05, 0) is 65.8 Å². The smallest absolute Gasteiger partial charge is 0.255 e. The van der Waals surface area contributed by atoms with Gasteiger partial charge in [-0.15, -0.1) is 23.2 Å². The van der Waals surface area contributed by atoms with Gasteiger partial charge in [-0.1, -0.05) is 0 Å². The fourth-order valence-corrected chi connectivity index (χ4v) is 5.55.